The highest BCUT2D eigenvalue weighted by Gasteiger charge is 2.46. The fourth-order valence-corrected chi connectivity index (χ4v) is 4.45. The number of phenolic OH excluding ortho intramolecular Hbond substituents is 1. The predicted octanol–water partition coefficient (Wildman–Crippen LogP) is 1.49. The number of benzene rings is 2. The van der Waals surface area contributed by atoms with Crippen molar-refractivity contribution in [3.63, 3.8) is 0 Å². The monoisotopic (exact) mass is 488 g/mol. The van der Waals surface area contributed by atoms with Crippen LogP contribution in [0, 0.1) is 0 Å². The number of aliphatic hydroxyl groups is 4. The Morgan fingerprint density at radius 2 is 1.80 bits per heavy atom. The molecule has 10 nitrogen and oxygen atoms in total. The maximum Gasteiger partial charge on any atom is 0.170 e. The van der Waals surface area contributed by atoms with Crippen LogP contribution in [0.3, 0.4) is 0 Å². The second kappa shape index (κ2) is 10.2. The van der Waals surface area contributed by atoms with Gasteiger partial charge in [0, 0.05) is 17.9 Å². The third kappa shape index (κ3) is 4.58. The van der Waals surface area contributed by atoms with Crippen molar-refractivity contribution >= 4 is 16.8 Å². The van der Waals surface area contributed by atoms with Crippen LogP contribution >= 0.6 is 0 Å². The number of methoxy groups -OCH3 is 2. The molecule has 2 heterocycles. The highest BCUT2D eigenvalue weighted by Crippen LogP contribution is 2.47. The van der Waals surface area contributed by atoms with Crippen LogP contribution in [-0.2, 0) is 11.2 Å². The lowest BCUT2D eigenvalue weighted by Crippen LogP contribution is -2.55. The Morgan fingerprint density at radius 1 is 1.03 bits per heavy atom. The van der Waals surface area contributed by atoms with Gasteiger partial charge in [0.1, 0.15) is 58.9 Å². The zero-order valence-corrected chi connectivity index (χ0v) is 19.2. The number of fused-ring (bicyclic) bond motifs is 1. The Labute approximate surface area is 200 Å². The summed E-state index contributed by atoms with van der Waals surface area (Å²) in [5.74, 6) is -0.880. The van der Waals surface area contributed by atoms with E-state index in [1.165, 1.54) is 20.3 Å². The molecule has 5 atom stereocenters. The largest absolute Gasteiger partial charge is 0.507 e. The molecule has 4 rings (SSSR count). The van der Waals surface area contributed by atoms with Crippen molar-refractivity contribution in [1.82, 2.24) is 0 Å². The number of ketones is 1. The molecule has 0 amide bonds. The molecule has 0 saturated carbocycles. The molecule has 1 fully saturated rings. The van der Waals surface area contributed by atoms with Gasteiger partial charge in [-0.15, -0.1) is 0 Å². The number of carbonyl (C=O) groups excluding carboxylic acids is 1. The topological polar surface area (TPSA) is 159 Å². The van der Waals surface area contributed by atoms with Gasteiger partial charge in [-0.25, -0.2) is 0 Å². The van der Waals surface area contributed by atoms with Gasteiger partial charge < -0.3 is 44.2 Å². The molecule has 1 aliphatic rings. The number of hydrogen-bond acceptors (Lipinski definition) is 10. The summed E-state index contributed by atoms with van der Waals surface area (Å²) in [6, 6.07) is 8.60. The predicted molar refractivity (Wildman–Crippen MR) is 123 cm³/mol. The molecule has 5 N–H and O–H groups in total. The first-order chi connectivity index (χ1) is 16.8. The number of aliphatic hydroxyl groups excluding tert-OH is 4. The minimum absolute atomic E-state index is 0.0330. The summed E-state index contributed by atoms with van der Waals surface area (Å²) in [4.78, 5) is 13.3. The Bertz CT molecular complexity index is 1200. The van der Waals surface area contributed by atoms with Gasteiger partial charge in [0.2, 0.25) is 0 Å². The smallest absolute Gasteiger partial charge is 0.170 e. The molecule has 3 aromatic rings. The van der Waals surface area contributed by atoms with Crippen LogP contribution in [0.4, 0.5) is 0 Å². The molecule has 0 radical (unpaired) electrons. The summed E-state index contributed by atoms with van der Waals surface area (Å²) in [6.45, 7) is -0.628. The number of aromatic hydroxyl groups is 1. The Balaban J connectivity index is 1.69. The zero-order valence-electron chi connectivity index (χ0n) is 19.2. The second-order valence-corrected chi connectivity index (χ2v) is 8.39. The fourth-order valence-electron chi connectivity index (χ4n) is 4.45. The molecule has 188 valence electrons. The highest BCUT2D eigenvalue weighted by molar-refractivity contribution is 6.02. The number of ether oxygens (including phenoxy) is 3. The molecule has 1 aliphatic heterocycles. The lowest BCUT2D eigenvalue weighted by Gasteiger charge is -2.41. The third-order valence-corrected chi connectivity index (χ3v) is 6.30. The molecule has 1 saturated heterocycles. The van der Waals surface area contributed by atoms with Crippen molar-refractivity contribution in [3.05, 3.63) is 53.3 Å². The number of hydrogen-bond donors (Lipinski definition) is 5. The minimum atomic E-state index is -1.65. The first-order valence-electron chi connectivity index (χ1n) is 11.1. The molecular weight excluding hydrogens is 460 g/mol. The standard InChI is InChI=1S/C25H28O10/c1-32-17-10-15(28)19(14(27)5-3-12-4-6-16-13(9-12)7-8-34-16)24(33-2)20(17)25-23(31)22(30)21(29)18(11-26)35-25/h4,6-10,18,21-23,25-26,28-31H,3,5,11H2,1-2H3. The van der Waals surface area contributed by atoms with Crippen LogP contribution < -0.4 is 9.47 Å². The summed E-state index contributed by atoms with van der Waals surface area (Å²) >= 11 is 0. The van der Waals surface area contributed by atoms with Gasteiger partial charge in [-0.1, -0.05) is 6.07 Å². The molecule has 0 aliphatic carbocycles. The van der Waals surface area contributed by atoms with Crippen LogP contribution in [0.15, 0.2) is 41.0 Å². The van der Waals surface area contributed by atoms with Gasteiger partial charge in [0.25, 0.3) is 0 Å². The average Bonchev–Trinajstić information content (AvgIpc) is 3.33. The summed E-state index contributed by atoms with van der Waals surface area (Å²) in [5.41, 5.74) is 1.56. The van der Waals surface area contributed by atoms with Gasteiger partial charge in [0.05, 0.1) is 32.7 Å². The summed E-state index contributed by atoms with van der Waals surface area (Å²) in [7, 11) is 2.60. The van der Waals surface area contributed by atoms with E-state index in [1.54, 1.807) is 6.26 Å². The van der Waals surface area contributed by atoms with Crippen LogP contribution in [0.1, 0.15) is 34.0 Å². The summed E-state index contributed by atoms with van der Waals surface area (Å²) in [5, 5.41) is 52.2. The lowest BCUT2D eigenvalue weighted by molar-refractivity contribution is -0.232. The van der Waals surface area contributed by atoms with Crippen molar-refractivity contribution in [3.8, 4) is 17.2 Å². The SMILES string of the molecule is COc1cc(O)c(C(=O)CCc2ccc3occc3c2)c(OC)c1C1OC(CO)C(O)C(O)C1O. The Kier molecular flexibility index (Phi) is 7.29. The number of aryl methyl sites for hydroxylation is 1. The van der Waals surface area contributed by atoms with Gasteiger partial charge in [-0.05, 0) is 30.2 Å². The van der Waals surface area contributed by atoms with E-state index in [-0.39, 0.29) is 34.8 Å². The molecule has 0 spiro atoms. The molecular formula is C25H28O10. The highest BCUT2D eigenvalue weighted by atomic mass is 16.5. The number of Topliss-reactive ketones (excluding diaryl/α,β-unsaturated/α-hetero) is 1. The van der Waals surface area contributed by atoms with E-state index in [4.69, 9.17) is 18.6 Å². The van der Waals surface area contributed by atoms with E-state index in [0.717, 1.165) is 16.5 Å². The number of furan rings is 1. The molecule has 35 heavy (non-hydrogen) atoms. The molecule has 0 bridgehead atoms. The van der Waals surface area contributed by atoms with Crippen molar-refractivity contribution in [1.29, 1.82) is 0 Å². The second-order valence-electron chi connectivity index (χ2n) is 8.39. The normalized spacial score (nSPS) is 24.5. The number of carbonyl (C=O) groups is 1. The van der Waals surface area contributed by atoms with Crippen molar-refractivity contribution in [2.75, 3.05) is 20.8 Å². The van der Waals surface area contributed by atoms with Crippen LogP contribution in [0.5, 0.6) is 17.2 Å². The third-order valence-electron chi connectivity index (χ3n) is 6.30. The van der Waals surface area contributed by atoms with Crippen LogP contribution in [0.25, 0.3) is 11.0 Å². The maximum atomic E-state index is 13.3. The maximum absolute atomic E-state index is 13.3. The summed E-state index contributed by atoms with van der Waals surface area (Å²) < 4.78 is 21.8. The van der Waals surface area contributed by atoms with Gasteiger partial charge in [0.15, 0.2) is 5.78 Å². The Morgan fingerprint density at radius 3 is 2.49 bits per heavy atom. The molecule has 1 aromatic heterocycles. The Hall–Kier alpha value is -3.15. The quantitative estimate of drug-likeness (QED) is 0.294. The van der Waals surface area contributed by atoms with Gasteiger partial charge in [-0.3, -0.25) is 4.79 Å². The summed E-state index contributed by atoms with van der Waals surface area (Å²) in [6.07, 6.45) is -5.35. The molecule has 10 heteroatoms. The van der Waals surface area contributed by atoms with E-state index in [2.05, 4.69) is 0 Å². The van der Waals surface area contributed by atoms with Crippen LogP contribution in [-0.4, -0.2) is 76.6 Å². The van der Waals surface area contributed by atoms with E-state index >= 15 is 0 Å². The van der Waals surface area contributed by atoms with Crippen molar-refractivity contribution < 1.29 is 49.0 Å². The molecule has 5 unspecified atom stereocenters. The van der Waals surface area contributed by atoms with Crippen LogP contribution in [0.2, 0.25) is 0 Å². The van der Waals surface area contributed by atoms with E-state index in [9.17, 15) is 30.3 Å². The fraction of sp³-hybridized carbons (Fsp3) is 0.400. The molecule has 2 aromatic carbocycles. The average molecular weight is 488 g/mol. The first kappa shape index (κ1) is 25.0. The lowest BCUT2D eigenvalue weighted by atomic mass is 9.88. The van der Waals surface area contributed by atoms with Crippen molar-refractivity contribution in [2.24, 2.45) is 0 Å². The van der Waals surface area contributed by atoms with E-state index < -0.39 is 42.9 Å². The first-order valence-corrected chi connectivity index (χ1v) is 11.1. The number of rotatable bonds is 8. The number of phenols is 1. The van der Waals surface area contributed by atoms with E-state index in [0.29, 0.717) is 6.42 Å². The van der Waals surface area contributed by atoms with Gasteiger partial charge in [-0.2, -0.15) is 0 Å². The van der Waals surface area contributed by atoms with E-state index in [1.807, 2.05) is 24.3 Å². The van der Waals surface area contributed by atoms with Crippen molar-refractivity contribution in [2.45, 2.75) is 43.4 Å². The van der Waals surface area contributed by atoms with Gasteiger partial charge >= 0.3 is 0 Å². The zero-order chi connectivity index (χ0) is 25.3. The minimum Gasteiger partial charge on any atom is -0.507 e.